The van der Waals surface area contributed by atoms with Gasteiger partial charge in [-0.1, -0.05) is 24.2 Å². The van der Waals surface area contributed by atoms with Crippen molar-refractivity contribution in [3.63, 3.8) is 0 Å². The number of aromatic nitrogens is 4. The van der Waals surface area contributed by atoms with Crippen molar-refractivity contribution in [2.75, 3.05) is 36.4 Å². The molecule has 1 N–H and O–H groups in total. The van der Waals surface area contributed by atoms with Crippen molar-refractivity contribution in [1.82, 2.24) is 24.5 Å². The molecule has 1 aliphatic carbocycles. The monoisotopic (exact) mass is 477 g/mol. The molecule has 0 radical (unpaired) electrons. The number of rotatable bonds is 6. The van der Waals surface area contributed by atoms with E-state index in [4.69, 9.17) is 10.1 Å². The predicted molar refractivity (Wildman–Crippen MR) is 134 cm³/mol. The van der Waals surface area contributed by atoms with Gasteiger partial charge < -0.3 is 10.2 Å². The highest BCUT2D eigenvalue weighted by Crippen LogP contribution is 2.35. The minimum Gasteiger partial charge on any atom is -0.365 e. The lowest BCUT2D eigenvalue weighted by Gasteiger charge is -2.34. The van der Waals surface area contributed by atoms with Crippen LogP contribution in [-0.4, -0.2) is 56.7 Å². The molecular formula is C25H28FN7S. The Hall–Kier alpha value is -3.04. The first-order valence-corrected chi connectivity index (χ1v) is 12.8. The average Bonchev–Trinajstić information content (AvgIpc) is 3.59. The number of benzene rings is 1. The van der Waals surface area contributed by atoms with E-state index in [0.29, 0.717) is 6.04 Å². The Kier molecular flexibility index (Phi) is 5.88. The van der Waals surface area contributed by atoms with E-state index < -0.39 is 0 Å². The van der Waals surface area contributed by atoms with E-state index in [-0.39, 0.29) is 5.82 Å². The van der Waals surface area contributed by atoms with E-state index in [1.165, 1.54) is 30.5 Å². The SMILES string of the molecule is Fc1ccc(-c2nc3sc(N4CCN(Cc5ccncc5)CC4)nn3c2NC2CCCC2)cc1. The molecule has 4 aromatic rings. The molecule has 1 aliphatic heterocycles. The molecule has 0 amide bonds. The molecule has 1 saturated heterocycles. The number of nitrogens with zero attached hydrogens (tertiary/aromatic N) is 6. The van der Waals surface area contributed by atoms with Gasteiger partial charge in [-0.3, -0.25) is 9.88 Å². The van der Waals surface area contributed by atoms with Gasteiger partial charge in [0.1, 0.15) is 11.5 Å². The third-order valence-corrected chi connectivity index (χ3v) is 7.77. The highest BCUT2D eigenvalue weighted by molar-refractivity contribution is 7.20. The van der Waals surface area contributed by atoms with E-state index in [9.17, 15) is 4.39 Å². The fraction of sp³-hybridized carbons (Fsp3) is 0.400. The van der Waals surface area contributed by atoms with Gasteiger partial charge in [0.15, 0.2) is 5.82 Å². The van der Waals surface area contributed by atoms with Crippen LogP contribution in [0.2, 0.25) is 0 Å². The Balaban J connectivity index is 1.23. The summed E-state index contributed by atoms with van der Waals surface area (Å²) in [6, 6.07) is 11.2. The predicted octanol–water partition coefficient (Wildman–Crippen LogP) is 4.67. The standard InChI is InChI=1S/C25H28FN7S/c26-20-7-5-19(6-8-20)22-23(28-21-3-1-2-4-21)33-24(29-22)34-25(30-33)32-15-13-31(14-16-32)17-18-9-11-27-12-10-18/h5-12,21,28H,1-4,13-17H2. The maximum Gasteiger partial charge on any atom is 0.216 e. The number of hydrogen-bond donors (Lipinski definition) is 1. The number of pyridine rings is 1. The molecule has 6 rings (SSSR count). The lowest BCUT2D eigenvalue weighted by atomic mass is 10.1. The maximum absolute atomic E-state index is 13.5. The number of fused-ring (bicyclic) bond motifs is 1. The van der Waals surface area contributed by atoms with Crippen molar-refractivity contribution >= 4 is 27.2 Å². The van der Waals surface area contributed by atoms with Crippen molar-refractivity contribution in [2.24, 2.45) is 0 Å². The van der Waals surface area contributed by atoms with Crippen LogP contribution in [0.4, 0.5) is 15.3 Å². The highest BCUT2D eigenvalue weighted by Gasteiger charge is 2.25. The topological polar surface area (TPSA) is 61.6 Å². The maximum atomic E-state index is 13.5. The van der Waals surface area contributed by atoms with Crippen LogP contribution in [0.25, 0.3) is 16.2 Å². The van der Waals surface area contributed by atoms with Crippen LogP contribution in [-0.2, 0) is 6.54 Å². The summed E-state index contributed by atoms with van der Waals surface area (Å²) in [4.78, 5) is 14.7. The van der Waals surface area contributed by atoms with Gasteiger partial charge in [0.2, 0.25) is 10.1 Å². The lowest BCUT2D eigenvalue weighted by molar-refractivity contribution is 0.249. The molecule has 34 heavy (non-hydrogen) atoms. The molecular weight excluding hydrogens is 449 g/mol. The van der Waals surface area contributed by atoms with Crippen LogP contribution in [0.15, 0.2) is 48.8 Å². The van der Waals surface area contributed by atoms with Crippen molar-refractivity contribution in [1.29, 1.82) is 0 Å². The summed E-state index contributed by atoms with van der Waals surface area (Å²) in [7, 11) is 0. The van der Waals surface area contributed by atoms with Crippen LogP contribution in [0.3, 0.4) is 0 Å². The Morgan fingerprint density at radius 3 is 2.44 bits per heavy atom. The van der Waals surface area contributed by atoms with E-state index in [1.54, 1.807) is 23.5 Å². The average molecular weight is 478 g/mol. The van der Waals surface area contributed by atoms with Crippen molar-refractivity contribution in [2.45, 2.75) is 38.3 Å². The summed E-state index contributed by atoms with van der Waals surface area (Å²) in [6.45, 7) is 4.83. The quantitative estimate of drug-likeness (QED) is 0.436. The van der Waals surface area contributed by atoms with E-state index in [2.05, 4.69) is 32.2 Å². The van der Waals surface area contributed by atoms with Gasteiger partial charge >= 0.3 is 0 Å². The second-order valence-electron chi connectivity index (χ2n) is 9.14. The van der Waals surface area contributed by atoms with Gasteiger partial charge in [-0.15, -0.1) is 5.10 Å². The largest absolute Gasteiger partial charge is 0.365 e. The molecule has 0 spiro atoms. The molecule has 3 aromatic heterocycles. The van der Waals surface area contributed by atoms with Gasteiger partial charge in [-0.2, -0.15) is 4.52 Å². The second-order valence-corrected chi connectivity index (χ2v) is 10.1. The molecule has 9 heteroatoms. The molecule has 0 unspecified atom stereocenters. The van der Waals surface area contributed by atoms with Gasteiger partial charge in [0.25, 0.3) is 0 Å². The van der Waals surface area contributed by atoms with Gasteiger partial charge in [-0.05, 0) is 54.8 Å². The van der Waals surface area contributed by atoms with Crippen molar-refractivity contribution in [3.8, 4) is 11.3 Å². The van der Waals surface area contributed by atoms with Gasteiger partial charge in [0.05, 0.1) is 0 Å². The van der Waals surface area contributed by atoms with E-state index in [0.717, 1.165) is 72.7 Å². The summed E-state index contributed by atoms with van der Waals surface area (Å²) < 4.78 is 15.5. The number of piperazine rings is 1. The first-order chi connectivity index (χ1) is 16.7. The lowest BCUT2D eigenvalue weighted by Crippen LogP contribution is -2.46. The molecule has 1 aromatic carbocycles. The minimum absolute atomic E-state index is 0.237. The van der Waals surface area contributed by atoms with Crippen molar-refractivity contribution in [3.05, 3.63) is 60.2 Å². The number of anilines is 2. The highest BCUT2D eigenvalue weighted by atomic mass is 32.1. The number of halogens is 1. The van der Waals surface area contributed by atoms with Crippen molar-refractivity contribution < 1.29 is 4.39 Å². The molecule has 2 aliphatic rings. The summed E-state index contributed by atoms with van der Waals surface area (Å²) in [5.41, 5.74) is 3.05. The molecule has 176 valence electrons. The van der Waals surface area contributed by atoms with Gasteiger partial charge in [0, 0.05) is 56.7 Å². The fourth-order valence-electron chi connectivity index (χ4n) is 4.91. The van der Waals surface area contributed by atoms with E-state index in [1.807, 2.05) is 16.9 Å². The zero-order valence-corrected chi connectivity index (χ0v) is 19.8. The van der Waals surface area contributed by atoms with Crippen LogP contribution in [0, 0.1) is 5.82 Å². The zero-order valence-electron chi connectivity index (χ0n) is 19.0. The van der Waals surface area contributed by atoms with Crippen LogP contribution in [0.5, 0.6) is 0 Å². The Bertz CT molecular complexity index is 1240. The molecule has 4 heterocycles. The van der Waals surface area contributed by atoms with Crippen LogP contribution in [0.1, 0.15) is 31.2 Å². The smallest absolute Gasteiger partial charge is 0.216 e. The summed E-state index contributed by atoms with van der Waals surface area (Å²) in [5.74, 6) is 0.686. The molecule has 0 atom stereocenters. The Labute approximate surface area is 202 Å². The summed E-state index contributed by atoms with van der Waals surface area (Å²) in [5, 5.41) is 9.71. The van der Waals surface area contributed by atoms with Crippen LogP contribution < -0.4 is 10.2 Å². The first-order valence-electron chi connectivity index (χ1n) is 12.0. The number of hydrogen-bond acceptors (Lipinski definition) is 7. The molecule has 1 saturated carbocycles. The minimum atomic E-state index is -0.237. The molecule has 7 nitrogen and oxygen atoms in total. The Morgan fingerprint density at radius 1 is 0.971 bits per heavy atom. The summed E-state index contributed by atoms with van der Waals surface area (Å²) >= 11 is 1.63. The normalized spacial score (nSPS) is 17.6. The third-order valence-electron chi connectivity index (χ3n) is 6.80. The van der Waals surface area contributed by atoms with E-state index >= 15 is 0 Å². The first kappa shape index (κ1) is 21.5. The number of imidazole rings is 1. The molecule has 0 bridgehead atoms. The summed E-state index contributed by atoms with van der Waals surface area (Å²) in [6.07, 6.45) is 8.52. The zero-order chi connectivity index (χ0) is 22.9. The Morgan fingerprint density at radius 2 is 1.71 bits per heavy atom. The second kappa shape index (κ2) is 9.31. The number of nitrogens with one attached hydrogen (secondary N) is 1. The molecule has 2 fully saturated rings. The fourth-order valence-corrected chi connectivity index (χ4v) is 5.86. The van der Waals surface area contributed by atoms with Crippen LogP contribution >= 0.6 is 11.3 Å². The van der Waals surface area contributed by atoms with Gasteiger partial charge in [-0.25, -0.2) is 9.37 Å². The third kappa shape index (κ3) is 4.37.